The summed E-state index contributed by atoms with van der Waals surface area (Å²) in [7, 11) is 3.99. The largest absolute Gasteiger partial charge is 0.486 e. The van der Waals surface area contributed by atoms with Gasteiger partial charge in [-0.05, 0) is 43.7 Å². The van der Waals surface area contributed by atoms with Crippen molar-refractivity contribution in [3.8, 4) is 22.8 Å². The number of aromatic nitrogens is 1. The maximum atomic E-state index is 12.5. The van der Waals surface area contributed by atoms with Crippen LogP contribution in [-0.2, 0) is 0 Å². The van der Waals surface area contributed by atoms with Gasteiger partial charge in [-0.1, -0.05) is 11.2 Å². The highest BCUT2D eigenvalue weighted by molar-refractivity contribution is 7.10. The fourth-order valence-corrected chi connectivity index (χ4v) is 3.94. The average Bonchev–Trinajstić information content (AvgIpc) is 3.40. The third-order valence-corrected chi connectivity index (χ3v) is 5.49. The Bertz CT molecular complexity index is 952. The van der Waals surface area contributed by atoms with Crippen molar-refractivity contribution in [2.24, 2.45) is 0 Å². The molecule has 1 atom stereocenters. The van der Waals surface area contributed by atoms with E-state index >= 15 is 0 Å². The summed E-state index contributed by atoms with van der Waals surface area (Å²) < 4.78 is 16.5. The van der Waals surface area contributed by atoms with Crippen LogP contribution < -0.4 is 14.8 Å². The Hall–Kier alpha value is -2.84. The van der Waals surface area contributed by atoms with E-state index in [1.807, 2.05) is 43.7 Å². The van der Waals surface area contributed by atoms with Gasteiger partial charge in [-0.2, -0.15) is 0 Å². The fraction of sp³-hybridized carbons (Fsp3) is 0.300. The molecule has 146 valence electrons. The van der Waals surface area contributed by atoms with E-state index in [-0.39, 0.29) is 17.6 Å². The lowest BCUT2D eigenvalue weighted by atomic mass is 10.1. The summed E-state index contributed by atoms with van der Waals surface area (Å²) in [6.45, 7) is 1.54. The summed E-state index contributed by atoms with van der Waals surface area (Å²) in [5, 5.41) is 8.89. The molecule has 1 amide bonds. The molecular formula is C20H21N3O4S. The SMILES string of the molecule is CN(C)[C@@H](CNC(=O)c1cc(-c2ccc3c(c2)OCCO3)on1)c1cccs1. The van der Waals surface area contributed by atoms with Crippen LogP contribution in [0.4, 0.5) is 0 Å². The third kappa shape index (κ3) is 3.88. The molecule has 3 aromatic rings. The summed E-state index contributed by atoms with van der Waals surface area (Å²) in [6.07, 6.45) is 0. The Kier molecular flexibility index (Phi) is 5.31. The van der Waals surface area contributed by atoms with E-state index in [4.69, 9.17) is 14.0 Å². The van der Waals surface area contributed by atoms with Gasteiger partial charge in [0.15, 0.2) is 23.0 Å². The topological polar surface area (TPSA) is 76.8 Å². The zero-order chi connectivity index (χ0) is 19.5. The predicted molar refractivity (Wildman–Crippen MR) is 106 cm³/mol. The van der Waals surface area contributed by atoms with Gasteiger partial charge in [-0.15, -0.1) is 11.3 Å². The average molecular weight is 399 g/mol. The van der Waals surface area contributed by atoms with Crippen molar-refractivity contribution < 1.29 is 18.8 Å². The number of nitrogens with one attached hydrogen (secondary N) is 1. The standard InChI is InChI=1S/C20H21N3O4S/c1-23(2)15(19-4-3-9-28-19)12-21-20(24)14-11-17(27-22-14)13-5-6-16-18(10-13)26-8-7-25-16/h3-6,9-11,15H,7-8,12H2,1-2H3,(H,21,24)/t15-/m0/s1. The van der Waals surface area contributed by atoms with Crippen LogP contribution in [-0.4, -0.2) is 49.8 Å². The van der Waals surface area contributed by atoms with Crippen LogP contribution in [0.5, 0.6) is 11.5 Å². The van der Waals surface area contributed by atoms with Crippen LogP contribution in [0, 0.1) is 0 Å². The van der Waals surface area contributed by atoms with Gasteiger partial charge in [-0.25, -0.2) is 0 Å². The first kappa shape index (κ1) is 18.5. The molecule has 1 aliphatic heterocycles. The molecule has 0 saturated heterocycles. The van der Waals surface area contributed by atoms with Crippen LogP contribution >= 0.6 is 11.3 Å². The second-order valence-corrected chi connectivity index (χ2v) is 7.62. The molecule has 0 bridgehead atoms. The van der Waals surface area contributed by atoms with E-state index in [1.54, 1.807) is 17.4 Å². The molecule has 0 unspecified atom stereocenters. The second-order valence-electron chi connectivity index (χ2n) is 6.64. The van der Waals surface area contributed by atoms with E-state index in [0.717, 1.165) is 5.56 Å². The molecule has 0 radical (unpaired) electrons. The van der Waals surface area contributed by atoms with Crippen molar-refractivity contribution in [3.63, 3.8) is 0 Å². The first-order valence-electron chi connectivity index (χ1n) is 8.96. The maximum Gasteiger partial charge on any atom is 0.273 e. The molecule has 0 aliphatic carbocycles. The summed E-state index contributed by atoms with van der Waals surface area (Å²) >= 11 is 1.67. The van der Waals surface area contributed by atoms with Gasteiger partial charge >= 0.3 is 0 Å². The van der Waals surface area contributed by atoms with Crippen molar-refractivity contribution in [1.29, 1.82) is 0 Å². The fourth-order valence-electron chi connectivity index (χ4n) is 3.01. The summed E-state index contributed by atoms with van der Waals surface area (Å²) in [5.41, 5.74) is 1.02. The van der Waals surface area contributed by atoms with Crippen LogP contribution in [0.1, 0.15) is 21.4 Å². The van der Waals surface area contributed by atoms with Gasteiger partial charge in [0.25, 0.3) is 5.91 Å². The smallest absolute Gasteiger partial charge is 0.273 e. The Morgan fingerprint density at radius 2 is 2.04 bits per heavy atom. The highest BCUT2D eigenvalue weighted by atomic mass is 32.1. The number of benzene rings is 1. The molecule has 1 aliphatic rings. The lowest BCUT2D eigenvalue weighted by Gasteiger charge is -2.23. The van der Waals surface area contributed by atoms with Crippen LogP contribution in [0.3, 0.4) is 0 Å². The molecule has 1 aromatic carbocycles. The van der Waals surface area contributed by atoms with Crippen LogP contribution in [0.25, 0.3) is 11.3 Å². The number of rotatable bonds is 6. The molecule has 8 heteroatoms. The molecule has 4 rings (SSSR count). The minimum atomic E-state index is -0.268. The Balaban J connectivity index is 1.44. The molecule has 7 nitrogen and oxygen atoms in total. The number of carbonyl (C=O) groups excluding carboxylic acids is 1. The van der Waals surface area contributed by atoms with Crippen LogP contribution in [0.2, 0.25) is 0 Å². The van der Waals surface area contributed by atoms with Gasteiger partial charge in [0.2, 0.25) is 0 Å². The quantitative estimate of drug-likeness (QED) is 0.686. The highest BCUT2D eigenvalue weighted by Crippen LogP contribution is 2.34. The number of nitrogens with zero attached hydrogens (tertiary/aromatic N) is 2. The predicted octanol–water partition coefficient (Wildman–Crippen LogP) is 3.21. The number of carbonyl (C=O) groups is 1. The van der Waals surface area contributed by atoms with Gasteiger partial charge in [0, 0.05) is 23.1 Å². The third-order valence-electron chi connectivity index (χ3n) is 4.52. The lowest BCUT2D eigenvalue weighted by molar-refractivity contribution is 0.0933. The van der Waals surface area contributed by atoms with Crippen molar-refractivity contribution in [2.75, 3.05) is 33.9 Å². The second kappa shape index (κ2) is 8.04. The summed E-state index contributed by atoms with van der Waals surface area (Å²) in [5.74, 6) is 1.60. The monoisotopic (exact) mass is 399 g/mol. The summed E-state index contributed by atoms with van der Waals surface area (Å²) in [6, 6.07) is 11.3. The molecule has 1 N–H and O–H groups in total. The van der Waals surface area contributed by atoms with E-state index in [9.17, 15) is 4.79 Å². The number of ether oxygens (including phenoxy) is 2. The minimum absolute atomic E-state index is 0.105. The first-order valence-corrected chi connectivity index (χ1v) is 9.84. The molecule has 0 fully saturated rings. The minimum Gasteiger partial charge on any atom is -0.486 e. The number of likely N-dealkylation sites (N-methyl/N-ethyl adjacent to an activating group) is 1. The zero-order valence-electron chi connectivity index (χ0n) is 15.7. The number of hydrogen-bond donors (Lipinski definition) is 1. The van der Waals surface area contributed by atoms with Crippen LogP contribution in [0.15, 0.2) is 46.3 Å². The number of hydrogen-bond acceptors (Lipinski definition) is 7. The normalized spacial score (nSPS) is 14.1. The van der Waals surface area contributed by atoms with Gasteiger partial charge in [-0.3, -0.25) is 4.79 Å². The van der Waals surface area contributed by atoms with Crippen molar-refractivity contribution in [2.45, 2.75) is 6.04 Å². The van der Waals surface area contributed by atoms with Crippen molar-refractivity contribution in [1.82, 2.24) is 15.4 Å². The van der Waals surface area contributed by atoms with Gasteiger partial charge < -0.3 is 24.2 Å². The van der Waals surface area contributed by atoms with Gasteiger partial charge in [0.1, 0.15) is 13.2 Å². The zero-order valence-corrected chi connectivity index (χ0v) is 16.5. The Morgan fingerprint density at radius 1 is 1.21 bits per heavy atom. The highest BCUT2D eigenvalue weighted by Gasteiger charge is 2.20. The molecule has 2 aromatic heterocycles. The molecule has 0 spiro atoms. The summed E-state index contributed by atoms with van der Waals surface area (Å²) in [4.78, 5) is 15.8. The van der Waals surface area contributed by atoms with Crippen molar-refractivity contribution >= 4 is 17.2 Å². The lowest BCUT2D eigenvalue weighted by Crippen LogP contribution is -2.34. The molecule has 3 heterocycles. The van der Waals surface area contributed by atoms with E-state index in [1.165, 1.54) is 4.88 Å². The first-order chi connectivity index (χ1) is 13.6. The number of fused-ring (bicyclic) bond motifs is 1. The molecular weight excluding hydrogens is 378 g/mol. The molecule has 28 heavy (non-hydrogen) atoms. The number of thiophene rings is 1. The Labute approximate surface area is 166 Å². The van der Waals surface area contributed by atoms with Gasteiger partial charge in [0.05, 0.1) is 6.04 Å². The number of amides is 1. The van der Waals surface area contributed by atoms with E-state index < -0.39 is 0 Å². The van der Waals surface area contributed by atoms with E-state index in [0.29, 0.717) is 37.0 Å². The van der Waals surface area contributed by atoms with Crippen molar-refractivity contribution in [3.05, 3.63) is 52.3 Å². The maximum absolute atomic E-state index is 12.5. The Morgan fingerprint density at radius 3 is 2.79 bits per heavy atom. The van der Waals surface area contributed by atoms with E-state index in [2.05, 4.69) is 21.4 Å². The molecule has 0 saturated carbocycles.